The lowest BCUT2D eigenvalue weighted by atomic mass is 10.0. The molecule has 1 aliphatic heterocycles. The van der Waals surface area contributed by atoms with Crippen LogP contribution >= 0.6 is 11.6 Å². The molecule has 1 saturated carbocycles. The molecule has 0 spiro atoms. The molecule has 2 atom stereocenters. The van der Waals surface area contributed by atoms with E-state index in [2.05, 4.69) is 0 Å². The minimum absolute atomic E-state index is 0.148. The van der Waals surface area contributed by atoms with Crippen molar-refractivity contribution in [3.05, 3.63) is 23.0 Å². The van der Waals surface area contributed by atoms with Gasteiger partial charge in [0.05, 0.1) is 5.02 Å². The molecule has 1 aliphatic carbocycles. The Kier molecular flexibility index (Phi) is 3.43. The molecular formula is C13H16ClFN2O2S. The summed E-state index contributed by atoms with van der Waals surface area (Å²) >= 11 is 5.69. The highest BCUT2D eigenvalue weighted by atomic mass is 35.5. The Labute approximate surface area is 122 Å². The molecule has 0 amide bonds. The fourth-order valence-electron chi connectivity index (χ4n) is 3.30. The van der Waals surface area contributed by atoms with Crippen LogP contribution in [0.4, 0.5) is 10.1 Å². The lowest BCUT2D eigenvalue weighted by Gasteiger charge is -2.18. The molecular weight excluding hydrogens is 303 g/mol. The zero-order chi connectivity index (χ0) is 14.5. The SMILES string of the molecule is Nc1cc(Cl)c(F)c(S(=O)(=O)N2CC3CCCC3C2)c1. The minimum Gasteiger partial charge on any atom is -0.399 e. The molecule has 2 fully saturated rings. The van der Waals surface area contributed by atoms with E-state index in [0.29, 0.717) is 24.9 Å². The average molecular weight is 319 g/mol. The van der Waals surface area contributed by atoms with Gasteiger partial charge in [0.25, 0.3) is 0 Å². The molecule has 7 heteroatoms. The van der Waals surface area contributed by atoms with Gasteiger partial charge in [-0.25, -0.2) is 12.8 Å². The van der Waals surface area contributed by atoms with Crippen molar-refractivity contribution < 1.29 is 12.8 Å². The maximum absolute atomic E-state index is 14.0. The van der Waals surface area contributed by atoms with Crippen LogP contribution in [0, 0.1) is 17.7 Å². The number of anilines is 1. The third-order valence-corrected chi connectivity index (χ3v) is 6.43. The number of benzene rings is 1. The van der Waals surface area contributed by atoms with E-state index in [1.54, 1.807) is 0 Å². The smallest absolute Gasteiger partial charge is 0.246 e. The highest BCUT2D eigenvalue weighted by Gasteiger charge is 2.42. The van der Waals surface area contributed by atoms with Crippen LogP contribution in [-0.4, -0.2) is 25.8 Å². The maximum Gasteiger partial charge on any atom is 0.246 e. The Morgan fingerprint density at radius 2 is 1.85 bits per heavy atom. The number of halogens is 2. The van der Waals surface area contributed by atoms with Gasteiger partial charge in [-0.3, -0.25) is 0 Å². The van der Waals surface area contributed by atoms with Crippen molar-refractivity contribution in [2.45, 2.75) is 24.2 Å². The second kappa shape index (κ2) is 4.86. The summed E-state index contributed by atoms with van der Waals surface area (Å²) < 4.78 is 40.5. The molecule has 110 valence electrons. The number of hydrogen-bond donors (Lipinski definition) is 1. The molecule has 1 saturated heterocycles. The summed E-state index contributed by atoms with van der Waals surface area (Å²) in [4.78, 5) is -0.414. The van der Waals surface area contributed by atoms with Crippen LogP contribution in [0.5, 0.6) is 0 Å². The van der Waals surface area contributed by atoms with Crippen molar-refractivity contribution in [1.29, 1.82) is 0 Å². The van der Waals surface area contributed by atoms with Gasteiger partial charge in [-0.1, -0.05) is 18.0 Å². The van der Waals surface area contributed by atoms with Gasteiger partial charge >= 0.3 is 0 Å². The summed E-state index contributed by atoms with van der Waals surface area (Å²) in [5.74, 6) is -0.105. The van der Waals surface area contributed by atoms with Crippen molar-refractivity contribution in [3.63, 3.8) is 0 Å². The fraction of sp³-hybridized carbons (Fsp3) is 0.538. The summed E-state index contributed by atoms with van der Waals surface area (Å²) in [7, 11) is -3.86. The van der Waals surface area contributed by atoms with Gasteiger partial charge in [0.1, 0.15) is 4.90 Å². The number of nitrogens with zero attached hydrogens (tertiary/aromatic N) is 1. The van der Waals surface area contributed by atoms with E-state index in [9.17, 15) is 12.8 Å². The van der Waals surface area contributed by atoms with Crippen LogP contribution in [0.2, 0.25) is 5.02 Å². The normalized spacial score (nSPS) is 26.9. The van der Waals surface area contributed by atoms with Gasteiger partial charge in [0, 0.05) is 18.8 Å². The van der Waals surface area contributed by atoms with E-state index in [1.165, 1.54) is 10.4 Å². The van der Waals surface area contributed by atoms with E-state index >= 15 is 0 Å². The Morgan fingerprint density at radius 1 is 1.25 bits per heavy atom. The van der Waals surface area contributed by atoms with E-state index in [-0.39, 0.29) is 10.7 Å². The number of hydrogen-bond acceptors (Lipinski definition) is 3. The molecule has 2 unspecified atom stereocenters. The molecule has 1 aromatic carbocycles. The molecule has 0 aromatic heterocycles. The molecule has 4 nitrogen and oxygen atoms in total. The topological polar surface area (TPSA) is 63.4 Å². The second-order valence-corrected chi connectivity index (χ2v) is 7.90. The van der Waals surface area contributed by atoms with Crippen molar-refractivity contribution >= 4 is 27.3 Å². The number of sulfonamides is 1. The summed E-state index contributed by atoms with van der Waals surface area (Å²) in [6.07, 6.45) is 3.26. The molecule has 1 heterocycles. The standard InChI is InChI=1S/C13H16ClFN2O2S/c14-11-4-10(16)5-12(13(11)15)20(18,19)17-6-8-2-1-3-9(8)7-17/h4-5,8-9H,1-3,6-7,16H2. The first-order valence-corrected chi connectivity index (χ1v) is 8.46. The Balaban J connectivity index is 1.97. The quantitative estimate of drug-likeness (QED) is 0.852. The first-order chi connectivity index (χ1) is 9.39. The Hall–Kier alpha value is -0.850. The first kappa shape index (κ1) is 14.1. The second-order valence-electron chi connectivity index (χ2n) is 5.59. The summed E-state index contributed by atoms with van der Waals surface area (Å²) in [6.45, 7) is 0.942. The van der Waals surface area contributed by atoms with Crippen molar-refractivity contribution in [2.75, 3.05) is 18.8 Å². The van der Waals surface area contributed by atoms with Gasteiger partial charge in [-0.15, -0.1) is 0 Å². The predicted octanol–water partition coefficient (Wildman–Crippen LogP) is 2.48. The van der Waals surface area contributed by atoms with Crippen LogP contribution in [0.25, 0.3) is 0 Å². The Morgan fingerprint density at radius 3 is 2.45 bits per heavy atom. The lowest BCUT2D eigenvalue weighted by Crippen LogP contribution is -2.30. The largest absolute Gasteiger partial charge is 0.399 e. The third-order valence-electron chi connectivity index (χ3n) is 4.33. The number of nitrogen functional groups attached to an aromatic ring is 1. The zero-order valence-corrected chi connectivity index (χ0v) is 12.4. The molecule has 20 heavy (non-hydrogen) atoms. The van der Waals surface area contributed by atoms with Gasteiger partial charge in [0.2, 0.25) is 10.0 Å². The van der Waals surface area contributed by atoms with E-state index in [1.807, 2.05) is 0 Å². The van der Waals surface area contributed by atoms with E-state index in [0.717, 1.165) is 25.3 Å². The minimum atomic E-state index is -3.86. The van der Waals surface area contributed by atoms with Crippen molar-refractivity contribution in [2.24, 2.45) is 11.8 Å². The number of rotatable bonds is 2. The average Bonchev–Trinajstić information content (AvgIpc) is 2.94. The molecule has 0 bridgehead atoms. The summed E-state index contributed by atoms with van der Waals surface area (Å²) in [5.41, 5.74) is 5.73. The number of nitrogens with two attached hydrogens (primary N) is 1. The van der Waals surface area contributed by atoms with E-state index in [4.69, 9.17) is 17.3 Å². The van der Waals surface area contributed by atoms with Crippen LogP contribution in [0.15, 0.2) is 17.0 Å². The number of fused-ring (bicyclic) bond motifs is 1. The van der Waals surface area contributed by atoms with E-state index < -0.39 is 20.7 Å². The highest BCUT2D eigenvalue weighted by molar-refractivity contribution is 7.89. The van der Waals surface area contributed by atoms with Crippen LogP contribution < -0.4 is 5.73 Å². The maximum atomic E-state index is 14.0. The predicted molar refractivity (Wildman–Crippen MR) is 75.4 cm³/mol. The zero-order valence-electron chi connectivity index (χ0n) is 10.9. The van der Waals surface area contributed by atoms with Crippen LogP contribution in [0.3, 0.4) is 0 Å². The monoisotopic (exact) mass is 318 g/mol. The molecule has 2 N–H and O–H groups in total. The highest BCUT2D eigenvalue weighted by Crippen LogP contribution is 2.40. The third kappa shape index (κ3) is 2.19. The van der Waals surface area contributed by atoms with Crippen molar-refractivity contribution in [1.82, 2.24) is 4.31 Å². The van der Waals surface area contributed by atoms with Crippen molar-refractivity contribution in [3.8, 4) is 0 Å². The van der Waals surface area contributed by atoms with Gasteiger partial charge in [-0.2, -0.15) is 4.31 Å². The van der Waals surface area contributed by atoms with Crippen LogP contribution in [-0.2, 0) is 10.0 Å². The molecule has 2 aliphatic rings. The molecule has 3 rings (SSSR count). The van der Waals surface area contributed by atoms with Crippen LogP contribution in [0.1, 0.15) is 19.3 Å². The Bertz CT molecular complexity index is 638. The fourth-order valence-corrected chi connectivity index (χ4v) is 5.26. The van der Waals surface area contributed by atoms with Gasteiger partial charge in [0.15, 0.2) is 5.82 Å². The van der Waals surface area contributed by atoms with Gasteiger partial charge in [-0.05, 0) is 36.8 Å². The summed E-state index contributed by atoms with van der Waals surface area (Å²) in [6, 6.07) is 2.36. The summed E-state index contributed by atoms with van der Waals surface area (Å²) in [5, 5.41) is -0.261. The lowest BCUT2D eigenvalue weighted by molar-refractivity contribution is 0.440. The first-order valence-electron chi connectivity index (χ1n) is 6.64. The van der Waals surface area contributed by atoms with Gasteiger partial charge < -0.3 is 5.73 Å². The molecule has 1 aromatic rings. The molecule has 0 radical (unpaired) electrons.